The van der Waals surface area contributed by atoms with Crippen LogP contribution in [0.3, 0.4) is 0 Å². The summed E-state index contributed by atoms with van der Waals surface area (Å²) in [6.07, 6.45) is 3.48. The number of benzene rings is 1. The fourth-order valence-electron chi connectivity index (χ4n) is 2.61. The average molecular weight is 335 g/mol. The number of hydrogen-bond acceptors (Lipinski definition) is 4. The highest BCUT2D eigenvalue weighted by Gasteiger charge is 2.15. The molecular formula is C19H21N5O. The van der Waals surface area contributed by atoms with Crippen LogP contribution in [0.4, 0.5) is 5.69 Å². The fraction of sp³-hybridized carbons (Fsp3) is 0.211. The molecule has 1 amide bonds. The molecule has 25 heavy (non-hydrogen) atoms. The fourth-order valence-corrected chi connectivity index (χ4v) is 2.61. The summed E-state index contributed by atoms with van der Waals surface area (Å²) in [6.45, 7) is 3.82. The molecule has 0 aliphatic heterocycles. The van der Waals surface area contributed by atoms with E-state index in [2.05, 4.69) is 15.5 Å². The van der Waals surface area contributed by atoms with Crippen molar-refractivity contribution in [1.29, 1.82) is 0 Å². The normalized spacial score (nSPS) is 11.2. The number of rotatable bonds is 4. The molecule has 128 valence electrons. The second-order valence-corrected chi connectivity index (χ2v) is 6.16. The zero-order valence-electron chi connectivity index (χ0n) is 14.8. The lowest BCUT2D eigenvalue weighted by Crippen LogP contribution is -2.20. The van der Waals surface area contributed by atoms with E-state index in [-0.39, 0.29) is 5.91 Å². The maximum Gasteiger partial charge on any atom is 0.290 e. The van der Waals surface area contributed by atoms with Gasteiger partial charge in [0.25, 0.3) is 5.91 Å². The summed E-state index contributed by atoms with van der Waals surface area (Å²) in [4.78, 5) is 18.9. The SMILES string of the molecule is Cc1ccn2c(C(=O)N/N=C\c3ccc(N(C)C)cc3)c(C)nc2c1. The predicted molar refractivity (Wildman–Crippen MR) is 100 cm³/mol. The number of carbonyl (C=O) groups excluding carboxylic acids is 1. The molecule has 1 N–H and O–H groups in total. The van der Waals surface area contributed by atoms with Crippen molar-refractivity contribution in [3.8, 4) is 0 Å². The summed E-state index contributed by atoms with van der Waals surface area (Å²) >= 11 is 0. The number of nitrogens with zero attached hydrogens (tertiary/aromatic N) is 4. The molecule has 0 atom stereocenters. The minimum atomic E-state index is -0.282. The van der Waals surface area contributed by atoms with Crippen LogP contribution in [0.1, 0.15) is 27.3 Å². The van der Waals surface area contributed by atoms with Crippen molar-refractivity contribution in [2.75, 3.05) is 19.0 Å². The second-order valence-electron chi connectivity index (χ2n) is 6.16. The molecule has 2 heterocycles. The van der Waals surface area contributed by atoms with E-state index in [9.17, 15) is 4.79 Å². The van der Waals surface area contributed by atoms with E-state index in [1.165, 1.54) is 0 Å². The van der Waals surface area contributed by atoms with Gasteiger partial charge in [0.15, 0.2) is 0 Å². The van der Waals surface area contributed by atoms with Crippen molar-refractivity contribution in [1.82, 2.24) is 14.8 Å². The summed E-state index contributed by atoms with van der Waals surface area (Å²) in [6, 6.07) is 11.8. The van der Waals surface area contributed by atoms with Crippen molar-refractivity contribution in [3.05, 3.63) is 65.1 Å². The number of imidazole rings is 1. The van der Waals surface area contributed by atoms with Gasteiger partial charge in [-0.2, -0.15) is 5.10 Å². The van der Waals surface area contributed by atoms with Crippen molar-refractivity contribution >= 4 is 23.5 Å². The molecule has 6 nitrogen and oxygen atoms in total. The molecule has 0 unspecified atom stereocenters. The summed E-state index contributed by atoms with van der Waals surface area (Å²) in [7, 11) is 3.98. The van der Waals surface area contributed by atoms with Gasteiger partial charge in [-0.15, -0.1) is 0 Å². The number of fused-ring (bicyclic) bond motifs is 1. The molecule has 1 aromatic carbocycles. The Labute approximate surface area is 146 Å². The predicted octanol–water partition coefficient (Wildman–Crippen LogP) is 2.78. The van der Waals surface area contributed by atoms with E-state index in [0.29, 0.717) is 11.4 Å². The van der Waals surface area contributed by atoms with Gasteiger partial charge in [-0.25, -0.2) is 10.4 Å². The van der Waals surface area contributed by atoms with E-state index >= 15 is 0 Å². The standard InChI is InChI=1S/C19H21N5O/c1-13-9-10-24-17(11-13)21-14(2)18(24)19(25)22-20-12-15-5-7-16(8-6-15)23(3)4/h5-12H,1-4H3,(H,22,25)/b20-12-. The van der Waals surface area contributed by atoms with E-state index < -0.39 is 0 Å². The van der Waals surface area contributed by atoms with Crippen LogP contribution in [0.15, 0.2) is 47.7 Å². The van der Waals surface area contributed by atoms with Gasteiger partial charge in [-0.05, 0) is 49.2 Å². The summed E-state index contributed by atoms with van der Waals surface area (Å²) < 4.78 is 1.78. The highest BCUT2D eigenvalue weighted by Crippen LogP contribution is 2.14. The number of aromatic nitrogens is 2. The van der Waals surface area contributed by atoms with Gasteiger partial charge >= 0.3 is 0 Å². The molecule has 0 aliphatic carbocycles. The minimum Gasteiger partial charge on any atom is -0.378 e. The Morgan fingerprint density at radius 1 is 1.20 bits per heavy atom. The molecule has 0 spiro atoms. The zero-order valence-corrected chi connectivity index (χ0v) is 14.8. The summed E-state index contributed by atoms with van der Waals surface area (Å²) in [5.41, 5.74) is 7.63. The van der Waals surface area contributed by atoms with Gasteiger partial charge in [-0.1, -0.05) is 12.1 Å². The molecule has 3 rings (SSSR count). The van der Waals surface area contributed by atoms with E-state index in [4.69, 9.17) is 0 Å². The number of anilines is 1. The minimum absolute atomic E-state index is 0.282. The maximum absolute atomic E-state index is 12.5. The van der Waals surface area contributed by atoms with Crippen LogP contribution in [0.25, 0.3) is 5.65 Å². The second kappa shape index (κ2) is 6.76. The highest BCUT2D eigenvalue weighted by atomic mass is 16.2. The molecule has 2 aromatic heterocycles. The lowest BCUT2D eigenvalue weighted by molar-refractivity contribution is 0.0948. The Kier molecular flexibility index (Phi) is 4.52. The van der Waals surface area contributed by atoms with Crippen LogP contribution in [-0.4, -0.2) is 35.6 Å². The number of hydrazone groups is 1. The van der Waals surface area contributed by atoms with Crippen LogP contribution in [0, 0.1) is 13.8 Å². The van der Waals surface area contributed by atoms with Gasteiger partial charge in [0.05, 0.1) is 11.9 Å². The molecule has 0 aliphatic rings. The van der Waals surface area contributed by atoms with Crippen molar-refractivity contribution in [2.24, 2.45) is 5.10 Å². The Hall–Kier alpha value is -3.15. The number of pyridine rings is 1. The molecule has 0 fully saturated rings. The van der Waals surface area contributed by atoms with Gasteiger partial charge in [0, 0.05) is 26.0 Å². The lowest BCUT2D eigenvalue weighted by Gasteiger charge is -2.11. The first kappa shape index (κ1) is 16.7. The van der Waals surface area contributed by atoms with E-state index in [1.807, 2.05) is 75.4 Å². The third-order valence-corrected chi connectivity index (χ3v) is 3.96. The Bertz CT molecular complexity index is 938. The summed E-state index contributed by atoms with van der Waals surface area (Å²) in [5, 5.41) is 4.06. The Morgan fingerprint density at radius 3 is 2.60 bits per heavy atom. The van der Waals surface area contributed by atoms with Gasteiger partial charge in [0.1, 0.15) is 11.3 Å². The third kappa shape index (κ3) is 3.52. The molecular weight excluding hydrogens is 314 g/mol. The third-order valence-electron chi connectivity index (χ3n) is 3.96. The lowest BCUT2D eigenvalue weighted by atomic mass is 10.2. The van der Waals surface area contributed by atoms with Crippen LogP contribution in [-0.2, 0) is 0 Å². The van der Waals surface area contributed by atoms with Gasteiger partial charge in [-0.3, -0.25) is 9.20 Å². The Morgan fingerprint density at radius 2 is 1.92 bits per heavy atom. The first-order valence-electron chi connectivity index (χ1n) is 8.02. The van der Waals surface area contributed by atoms with Gasteiger partial charge in [0.2, 0.25) is 0 Å². The molecule has 6 heteroatoms. The van der Waals surface area contributed by atoms with E-state index in [1.54, 1.807) is 10.6 Å². The molecule has 0 bridgehead atoms. The number of nitrogens with one attached hydrogen (secondary N) is 1. The Balaban J connectivity index is 1.75. The summed E-state index contributed by atoms with van der Waals surface area (Å²) in [5.74, 6) is -0.282. The first-order chi connectivity index (χ1) is 12.0. The first-order valence-corrected chi connectivity index (χ1v) is 8.02. The van der Waals surface area contributed by atoms with Crippen LogP contribution >= 0.6 is 0 Å². The van der Waals surface area contributed by atoms with Crippen molar-refractivity contribution in [3.63, 3.8) is 0 Å². The molecule has 3 aromatic rings. The number of aryl methyl sites for hydroxylation is 2. The van der Waals surface area contributed by atoms with Crippen LogP contribution < -0.4 is 10.3 Å². The monoisotopic (exact) mass is 335 g/mol. The van der Waals surface area contributed by atoms with Crippen LogP contribution in [0.5, 0.6) is 0 Å². The molecule has 0 saturated carbocycles. The smallest absolute Gasteiger partial charge is 0.290 e. The zero-order chi connectivity index (χ0) is 18.0. The van der Waals surface area contributed by atoms with Crippen molar-refractivity contribution in [2.45, 2.75) is 13.8 Å². The maximum atomic E-state index is 12.5. The van der Waals surface area contributed by atoms with Crippen molar-refractivity contribution < 1.29 is 4.79 Å². The van der Waals surface area contributed by atoms with E-state index in [0.717, 1.165) is 22.5 Å². The van der Waals surface area contributed by atoms with Gasteiger partial charge < -0.3 is 4.90 Å². The number of carbonyl (C=O) groups is 1. The molecule has 0 radical (unpaired) electrons. The topological polar surface area (TPSA) is 62.0 Å². The average Bonchev–Trinajstić information content (AvgIpc) is 2.90. The largest absolute Gasteiger partial charge is 0.378 e. The highest BCUT2D eigenvalue weighted by molar-refractivity contribution is 5.95. The quantitative estimate of drug-likeness (QED) is 0.589. The molecule has 0 saturated heterocycles. The number of amides is 1. The van der Waals surface area contributed by atoms with Crippen LogP contribution in [0.2, 0.25) is 0 Å². The number of hydrogen-bond donors (Lipinski definition) is 1.